The molecule has 1 saturated heterocycles. The number of aromatic nitrogens is 2. The van der Waals surface area contributed by atoms with Gasteiger partial charge in [0, 0.05) is 36.8 Å². The lowest BCUT2D eigenvalue weighted by atomic mass is 10.2. The van der Waals surface area contributed by atoms with E-state index in [1.165, 1.54) is 0 Å². The van der Waals surface area contributed by atoms with Crippen LogP contribution in [0.2, 0.25) is 0 Å². The second-order valence-corrected chi connectivity index (χ2v) is 6.94. The Hall–Kier alpha value is -2.34. The number of hydrogen-bond acceptors (Lipinski definition) is 6. The molecular formula is C20H29N5O. The number of nitrogens with zero attached hydrogens (tertiary/aromatic N) is 3. The van der Waals surface area contributed by atoms with Crippen LogP contribution >= 0.6 is 0 Å². The van der Waals surface area contributed by atoms with Crippen molar-refractivity contribution in [1.29, 1.82) is 0 Å². The monoisotopic (exact) mass is 355 g/mol. The van der Waals surface area contributed by atoms with E-state index in [0.717, 1.165) is 67.3 Å². The molecule has 1 aliphatic heterocycles. The molecule has 26 heavy (non-hydrogen) atoms. The van der Waals surface area contributed by atoms with Gasteiger partial charge in [0.2, 0.25) is 5.95 Å². The number of rotatable bonds is 7. The quantitative estimate of drug-likeness (QED) is 0.738. The SMILES string of the molecule is CCCc1cc(N2CCC[C@H]2COC)nc(Nc2cc(N)ccc2C)n1. The second kappa shape index (κ2) is 8.36. The van der Waals surface area contributed by atoms with E-state index in [1.807, 2.05) is 25.1 Å². The zero-order valence-electron chi connectivity index (χ0n) is 16.0. The van der Waals surface area contributed by atoms with Gasteiger partial charge in [-0.15, -0.1) is 0 Å². The fraction of sp³-hybridized carbons (Fsp3) is 0.500. The van der Waals surface area contributed by atoms with Gasteiger partial charge < -0.3 is 20.7 Å². The fourth-order valence-electron chi connectivity index (χ4n) is 3.47. The highest BCUT2D eigenvalue weighted by atomic mass is 16.5. The maximum Gasteiger partial charge on any atom is 0.229 e. The van der Waals surface area contributed by atoms with E-state index in [-0.39, 0.29) is 0 Å². The van der Waals surface area contributed by atoms with E-state index >= 15 is 0 Å². The Kier molecular flexibility index (Phi) is 5.93. The largest absolute Gasteiger partial charge is 0.399 e. The number of nitrogen functional groups attached to an aromatic ring is 1. The van der Waals surface area contributed by atoms with Gasteiger partial charge in [0.05, 0.1) is 12.6 Å². The molecule has 2 aromatic rings. The molecule has 3 N–H and O–H groups in total. The summed E-state index contributed by atoms with van der Waals surface area (Å²) in [6.45, 7) is 5.95. The van der Waals surface area contributed by atoms with Gasteiger partial charge in [-0.05, 0) is 43.9 Å². The third-order valence-electron chi connectivity index (χ3n) is 4.81. The standard InChI is InChI=1S/C20H29N5O/c1-4-6-16-12-19(25-10-5-7-17(25)13-26-3)24-20(22-16)23-18-11-15(21)9-8-14(18)2/h8-9,11-12,17H,4-7,10,13,21H2,1-3H3,(H,22,23,24)/t17-/m0/s1. The molecule has 1 aromatic carbocycles. The minimum Gasteiger partial charge on any atom is -0.399 e. The van der Waals surface area contributed by atoms with Crippen molar-refractivity contribution in [3.8, 4) is 0 Å². The van der Waals surface area contributed by atoms with Crippen molar-refractivity contribution in [3.63, 3.8) is 0 Å². The van der Waals surface area contributed by atoms with Gasteiger partial charge in [-0.1, -0.05) is 19.4 Å². The molecule has 6 heteroatoms. The summed E-state index contributed by atoms with van der Waals surface area (Å²) in [5.74, 6) is 1.61. The molecular weight excluding hydrogens is 326 g/mol. The number of nitrogens with two attached hydrogens (primary N) is 1. The third-order valence-corrected chi connectivity index (χ3v) is 4.81. The number of hydrogen-bond donors (Lipinski definition) is 2. The van der Waals surface area contributed by atoms with Gasteiger partial charge in [0.1, 0.15) is 5.82 Å². The lowest BCUT2D eigenvalue weighted by molar-refractivity contribution is 0.180. The fourth-order valence-corrected chi connectivity index (χ4v) is 3.47. The molecule has 0 unspecified atom stereocenters. The molecule has 2 heterocycles. The minimum absolute atomic E-state index is 0.381. The van der Waals surface area contributed by atoms with Gasteiger partial charge in [-0.25, -0.2) is 4.98 Å². The normalized spacial score (nSPS) is 16.9. The Balaban J connectivity index is 1.92. The van der Waals surface area contributed by atoms with Crippen LogP contribution in [0.4, 0.5) is 23.1 Å². The first kappa shape index (κ1) is 18.5. The predicted molar refractivity (Wildman–Crippen MR) is 107 cm³/mol. The number of nitrogens with one attached hydrogen (secondary N) is 1. The third kappa shape index (κ3) is 4.25. The van der Waals surface area contributed by atoms with Gasteiger partial charge in [-0.3, -0.25) is 0 Å². The van der Waals surface area contributed by atoms with Crippen LogP contribution in [0.25, 0.3) is 0 Å². The molecule has 1 fully saturated rings. The maximum absolute atomic E-state index is 5.94. The van der Waals surface area contributed by atoms with Gasteiger partial charge >= 0.3 is 0 Å². The van der Waals surface area contributed by atoms with Gasteiger partial charge in [-0.2, -0.15) is 4.98 Å². The number of anilines is 4. The van der Waals surface area contributed by atoms with E-state index in [4.69, 9.17) is 20.4 Å². The zero-order chi connectivity index (χ0) is 18.5. The Labute approximate surface area is 155 Å². The molecule has 140 valence electrons. The van der Waals surface area contributed by atoms with Crippen LogP contribution in [0.3, 0.4) is 0 Å². The van der Waals surface area contributed by atoms with Crippen molar-refractivity contribution >= 4 is 23.1 Å². The van der Waals surface area contributed by atoms with Crippen molar-refractivity contribution in [2.24, 2.45) is 0 Å². The topological polar surface area (TPSA) is 76.3 Å². The smallest absolute Gasteiger partial charge is 0.229 e. The van der Waals surface area contributed by atoms with Gasteiger partial charge in [0.25, 0.3) is 0 Å². The first-order chi connectivity index (χ1) is 12.6. The van der Waals surface area contributed by atoms with Crippen LogP contribution in [-0.4, -0.2) is 36.3 Å². The second-order valence-electron chi connectivity index (χ2n) is 6.94. The average Bonchev–Trinajstić information content (AvgIpc) is 3.07. The average molecular weight is 355 g/mol. The van der Waals surface area contributed by atoms with E-state index in [2.05, 4.69) is 23.2 Å². The molecule has 0 bridgehead atoms. The molecule has 0 spiro atoms. The summed E-state index contributed by atoms with van der Waals surface area (Å²) in [6, 6.07) is 8.33. The molecule has 3 rings (SSSR count). The first-order valence-electron chi connectivity index (χ1n) is 9.37. The lowest BCUT2D eigenvalue weighted by Crippen LogP contribution is -2.33. The van der Waals surface area contributed by atoms with Crippen LogP contribution in [0.5, 0.6) is 0 Å². The van der Waals surface area contributed by atoms with Crippen LogP contribution < -0.4 is 16.0 Å². The summed E-state index contributed by atoms with van der Waals surface area (Å²) in [6.07, 6.45) is 4.29. The van der Waals surface area contributed by atoms with Crippen molar-refractivity contribution < 1.29 is 4.74 Å². The highest BCUT2D eigenvalue weighted by Crippen LogP contribution is 2.27. The van der Waals surface area contributed by atoms with Crippen molar-refractivity contribution in [2.45, 2.75) is 45.6 Å². The number of ether oxygens (including phenoxy) is 1. The first-order valence-corrected chi connectivity index (χ1v) is 9.37. The summed E-state index contributed by atoms with van der Waals surface area (Å²) >= 11 is 0. The van der Waals surface area contributed by atoms with Crippen molar-refractivity contribution in [3.05, 3.63) is 35.5 Å². The zero-order valence-corrected chi connectivity index (χ0v) is 16.0. The summed E-state index contributed by atoms with van der Waals surface area (Å²) < 4.78 is 5.40. The van der Waals surface area contributed by atoms with Crippen LogP contribution in [-0.2, 0) is 11.2 Å². The predicted octanol–water partition coefficient (Wildman–Crippen LogP) is 3.68. The summed E-state index contributed by atoms with van der Waals surface area (Å²) in [4.78, 5) is 11.9. The van der Waals surface area contributed by atoms with Gasteiger partial charge in [0.15, 0.2) is 0 Å². The van der Waals surface area contributed by atoms with Crippen LogP contribution in [0.15, 0.2) is 24.3 Å². The van der Waals surface area contributed by atoms with E-state index < -0.39 is 0 Å². The molecule has 1 atom stereocenters. The molecule has 0 radical (unpaired) electrons. The Morgan fingerprint density at radius 2 is 2.15 bits per heavy atom. The molecule has 1 aliphatic rings. The minimum atomic E-state index is 0.381. The number of methoxy groups -OCH3 is 1. The molecule has 1 aromatic heterocycles. The highest BCUT2D eigenvalue weighted by molar-refractivity contribution is 5.64. The number of benzene rings is 1. The highest BCUT2D eigenvalue weighted by Gasteiger charge is 2.26. The molecule has 6 nitrogen and oxygen atoms in total. The van der Waals surface area contributed by atoms with E-state index in [0.29, 0.717) is 12.0 Å². The van der Waals surface area contributed by atoms with E-state index in [1.54, 1.807) is 7.11 Å². The molecule has 0 amide bonds. The number of aryl methyl sites for hydroxylation is 2. The Bertz CT molecular complexity index is 749. The Morgan fingerprint density at radius 1 is 1.31 bits per heavy atom. The van der Waals surface area contributed by atoms with Crippen molar-refractivity contribution in [1.82, 2.24) is 9.97 Å². The summed E-state index contributed by atoms with van der Waals surface area (Å²) in [7, 11) is 1.76. The van der Waals surface area contributed by atoms with Crippen molar-refractivity contribution in [2.75, 3.05) is 36.2 Å². The molecule has 0 saturated carbocycles. The van der Waals surface area contributed by atoms with E-state index in [9.17, 15) is 0 Å². The van der Waals surface area contributed by atoms with Crippen LogP contribution in [0, 0.1) is 6.92 Å². The molecule has 0 aliphatic carbocycles. The lowest BCUT2D eigenvalue weighted by Gasteiger charge is -2.26. The van der Waals surface area contributed by atoms with Crippen LogP contribution in [0.1, 0.15) is 37.4 Å². The summed E-state index contributed by atoms with van der Waals surface area (Å²) in [5, 5.41) is 3.36. The maximum atomic E-state index is 5.94. The summed E-state index contributed by atoms with van der Waals surface area (Å²) in [5.41, 5.74) is 9.78. The Morgan fingerprint density at radius 3 is 2.92 bits per heavy atom.